The number of hydrogen-bond donors (Lipinski definition) is 0. The lowest BCUT2D eigenvalue weighted by Crippen LogP contribution is -2.25. The maximum Gasteiger partial charge on any atom is 0.261 e. The van der Waals surface area contributed by atoms with Crippen molar-refractivity contribution in [2.75, 3.05) is 19.0 Å². The number of hydrogen-bond acceptors (Lipinski definition) is 5. The highest BCUT2D eigenvalue weighted by Crippen LogP contribution is 2.26. The van der Waals surface area contributed by atoms with Gasteiger partial charge in [0.1, 0.15) is 0 Å². The maximum atomic E-state index is 11.8. The minimum atomic E-state index is -0.138. The van der Waals surface area contributed by atoms with Gasteiger partial charge in [-0.25, -0.2) is 0 Å². The van der Waals surface area contributed by atoms with Crippen LogP contribution in [0.25, 0.3) is 0 Å². The number of hydrazone groups is 1. The van der Waals surface area contributed by atoms with Crippen LogP contribution in [0.5, 0.6) is 0 Å². The summed E-state index contributed by atoms with van der Waals surface area (Å²) < 4.78 is 0.513. The number of thiocarbonyl (C=S) groups is 1. The standard InChI is InChI=1S/C13H15N3OS2/c1-9-12(17)16(13(18)19-9)14-8-10-4-6-11(7-5-10)15(2)3/h4-9H,1-3H3. The molecule has 1 aromatic rings. The van der Waals surface area contributed by atoms with Crippen LogP contribution in [0.1, 0.15) is 12.5 Å². The Balaban J connectivity index is 2.10. The molecule has 1 aromatic carbocycles. The molecule has 0 spiro atoms. The number of benzene rings is 1. The van der Waals surface area contributed by atoms with E-state index in [0.717, 1.165) is 11.3 Å². The lowest BCUT2D eigenvalue weighted by atomic mass is 10.2. The van der Waals surface area contributed by atoms with Crippen LogP contribution in [-0.4, -0.2) is 40.8 Å². The van der Waals surface area contributed by atoms with Crippen molar-refractivity contribution in [3.05, 3.63) is 29.8 Å². The monoisotopic (exact) mass is 293 g/mol. The quantitative estimate of drug-likeness (QED) is 0.633. The summed E-state index contributed by atoms with van der Waals surface area (Å²) in [4.78, 5) is 13.8. The van der Waals surface area contributed by atoms with E-state index < -0.39 is 0 Å². The van der Waals surface area contributed by atoms with Crippen LogP contribution in [0.4, 0.5) is 5.69 Å². The molecular formula is C13H15N3OS2. The van der Waals surface area contributed by atoms with E-state index in [9.17, 15) is 4.79 Å². The van der Waals surface area contributed by atoms with Gasteiger partial charge in [0.05, 0.1) is 11.5 Å². The lowest BCUT2D eigenvalue weighted by Gasteiger charge is -2.12. The van der Waals surface area contributed by atoms with E-state index in [-0.39, 0.29) is 11.2 Å². The average molecular weight is 293 g/mol. The molecule has 0 aliphatic carbocycles. The van der Waals surface area contributed by atoms with Gasteiger partial charge in [-0.05, 0) is 24.6 Å². The molecule has 0 saturated carbocycles. The van der Waals surface area contributed by atoms with Crippen LogP contribution in [0.15, 0.2) is 29.4 Å². The molecule has 0 bridgehead atoms. The Morgan fingerprint density at radius 3 is 2.47 bits per heavy atom. The van der Waals surface area contributed by atoms with Crippen LogP contribution in [0.3, 0.4) is 0 Å². The molecule has 1 atom stereocenters. The zero-order valence-electron chi connectivity index (χ0n) is 11.0. The second-order valence-corrected chi connectivity index (χ2v) is 6.38. The fraction of sp³-hybridized carbons (Fsp3) is 0.308. The molecule has 0 radical (unpaired) electrons. The van der Waals surface area contributed by atoms with Crippen molar-refractivity contribution in [2.24, 2.45) is 5.10 Å². The molecule has 100 valence electrons. The number of carbonyl (C=O) groups is 1. The van der Waals surface area contributed by atoms with Gasteiger partial charge in [-0.3, -0.25) is 4.79 Å². The van der Waals surface area contributed by atoms with Crippen LogP contribution in [0, 0.1) is 0 Å². The molecule has 0 N–H and O–H groups in total. The van der Waals surface area contributed by atoms with Crippen molar-refractivity contribution in [2.45, 2.75) is 12.2 Å². The number of anilines is 1. The average Bonchev–Trinajstić information content (AvgIpc) is 2.62. The molecule has 1 aliphatic rings. The van der Waals surface area contributed by atoms with Crippen molar-refractivity contribution in [3.63, 3.8) is 0 Å². The summed E-state index contributed by atoms with van der Waals surface area (Å²) in [5.41, 5.74) is 2.06. The Morgan fingerprint density at radius 2 is 2.00 bits per heavy atom. The highest BCUT2D eigenvalue weighted by atomic mass is 32.2. The van der Waals surface area contributed by atoms with Gasteiger partial charge >= 0.3 is 0 Å². The van der Waals surface area contributed by atoms with E-state index in [1.807, 2.05) is 50.2 Å². The molecule has 1 aliphatic heterocycles. The second-order valence-electron chi connectivity index (χ2n) is 4.41. The number of nitrogens with zero attached hydrogens (tertiary/aromatic N) is 3. The van der Waals surface area contributed by atoms with E-state index in [4.69, 9.17) is 12.2 Å². The minimum absolute atomic E-state index is 0.0591. The molecule has 0 aromatic heterocycles. The SMILES string of the molecule is CC1SC(=S)N(N=Cc2ccc(N(C)C)cc2)C1=O. The molecule has 2 rings (SSSR count). The minimum Gasteiger partial charge on any atom is -0.378 e. The third-order valence-corrected chi connectivity index (χ3v) is 4.13. The Labute approximate surface area is 122 Å². The fourth-order valence-corrected chi connectivity index (χ4v) is 2.91. The van der Waals surface area contributed by atoms with Gasteiger partial charge in [-0.15, -0.1) is 0 Å². The number of thioether (sulfide) groups is 1. The zero-order valence-corrected chi connectivity index (χ0v) is 12.7. The summed E-state index contributed by atoms with van der Waals surface area (Å²) in [6.07, 6.45) is 1.66. The summed E-state index contributed by atoms with van der Waals surface area (Å²) in [5.74, 6) is -0.0591. The molecule has 1 amide bonds. The molecule has 6 heteroatoms. The van der Waals surface area contributed by atoms with E-state index in [0.29, 0.717) is 4.32 Å². The van der Waals surface area contributed by atoms with Crippen LogP contribution >= 0.6 is 24.0 Å². The maximum absolute atomic E-state index is 11.8. The van der Waals surface area contributed by atoms with Crippen molar-refractivity contribution in [1.29, 1.82) is 0 Å². The van der Waals surface area contributed by atoms with Gasteiger partial charge in [-0.1, -0.05) is 36.1 Å². The van der Waals surface area contributed by atoms with Gasteiger partial charge in [0.15, 0.2) is 4.32 Å². The number of carbonyl (C=O) groups excluding carboxylic acids is 1. The third-order valence-electron chi connectivity index (χ3n) is 2.74. The van der Waals surface area contributed by atoms with Crippen LogP contribution in [0.2, 0.25) is 0 Å². The third kappa shape index (κ3) is 3.13. The number of rotatable bonds is 3. The highest BCUT2D eigenvalue weighted by molar-refractivity contribution is 8.24. The van der Waals surface area contributed by atoms with Crippen LogP contribution in [-0.2, 0) is 4.79 Å². The Morgan fingerprint density at radius 1 is 1.37 bits per heavy atom. The summed E-state index contributed by atoms with van der Waals surface area (Å²) in [6, 6.07) is 7.92. The Hall–Kier alpha value is -1.40. The molecule has 19 heavy (non-hydrogen) atoms. The van der Waals surface area contributed by atoms with E-state index in [2.05, 4.69) is 5.10 Å². The van der Waals surface area contributed by atoms with Crippen molar-refractivity contribution >= 4 is 46.1 Å². The predicted octanol–water partition coefficient (Wildman–Crippen LogP) is 2.34. The van der Waals surface area contributed by atoms with E-state index >= 15 is 0 Å². The highest BCUT2D eigenvalue weighted by Gasteiger charge is 2.33. The van der Waals surface area contributed by atoms with Gasteiger partial charge in [0.2, 0.25) is 0 Å². The molecule has 1 heterocycles. The van der Waals surface area contributed by atoms with Gasteiger partial charge in [-0.2, -0.15) is 10.1 Å². The predicted molar refractivity (Wildman–Crippen MR) is 84.9 cm³/mol. The molecule has 1 fully saturated rings. The summed E-state index contributed by atoms with van der Waals surface area (Å²) in [6.45, 7) is 1.83. The zero-order chi connectivity index (χ0) is 14.0. The van der Waals surface area contributed by atoms with Crippen molar-refractivity contribution in [1.82, 2.24) is 5.01 Å². The molecule has 1 saturated heterocycles. The topological polar surface area (TPSA) is 35.9 Å². The largest absolute Gasteiger partial charge is 0.378 e. The Kier molecular flexibility index (Phi) is 4.21. The Bertz CT molecular complexity index is 525. The van der Waals surface area contributed by atoms with E-state index in [1.54, 1.807) is 6.21 Å². The van der Waals surface area contributed by atoms with Crippen LogP contribution < -0.4 is 4.90 Å². The summed E-state index contributed by atoms with van der Waals surface area (Å²) in [5, 5.41) is 5.32. The first kappa shape index (κ1) is 14.0. The molecular weight excluding hydrogens is 278 g/mol. The summed E-state index contributed by atoms with van der Waals surface area (Å²) >= 11 is 6.48. The number of amides is 1. The fourth-order valence-electron chi connectivity index (χ4n) is 1.60. The smallest absolute Gasteiger partial charge is 0.261 e. The molecule has 1 unspecified atom stereocenters. The van der Waals surface area contributed by atoms with Gasteiger partial charge in [0.25, 0.3) is 5.91 Å². The second kappa shape index (κ2) is 5.71. The lowest BCUT2D eigenvalue weighted by molar-refractivity contribution is -0.125. The van der Waals surface area contributed by atoms with Crippen molar-refractivity contribution < 1.29 is 4.79 Å². The van der Waals surface area contributed by atoms with Gasteiger partial charge < -0.3 is 4.90 Å². The first-order valence-corrected chi connectivity index (χ1v) is 7.14. The molecule has 4 nitrogen and oxygen atoms in total. The van der Waals surface area contributed by atoms with Crippen molar-refractivity contribution in [3.8, 4) is 0 Å². The normalized spacial score (nSPS) is 19.5. The van der Waals surface area contributed by atoms with Gasteiger partial charge in [0, 0.05) is 19.8 Å². The van der Waals surface area contributed by atoms with E-state index in [1.165, 1.54) is 16.8 Å². The first-order valence-electron chi connectivity index (χ1n) is 5.85. The first-order chi connectivity index (χ1) is 8.99. The summed E-state index contributed by atoms with van der Waals surface area (Å²) in [7, 11) is 3.98.